The molecule has 0 spiro atoms. The number of anilines is 1. The Kier molecular flexibility index (Phi) is 6.80. The summed E-state index contributed by atoms with van der Waals surface area (Å²) < 4.78 is 24.4. The second-order valence-corrected chi connectivity index (χ2v) is 7.72. The predicted molar refractivity (Wildman–Crippen MR) is 119 cm³/mol. The minimum Gasteiger partial charge on any atom is -0.489 e. The maximum Gasteiger partial charge on any atom is 0.311 e. The molecule has 0 aliphatic carbocycles. The van der Waals surface area contributed by atoms with Gasteiger partial charge in [-0.15, -0.1) is 0 Å². The summed E-state index contributed by atoms with van der Waals surface area (Å²) in [6, 6.07) is 23.1. The normalized spacial score (nSPS) is 15.6. The van der Waals surface area contributed by atoms with Gasteiger partial charge < -0.3 is 14.4 Å². The zero-order valence-electron chi connectivity index (χ0n) is 17.6. The van der Waals surface area contributed by atoms with Crippen molar-refractivity contribution in [1.82, 2.24) is 0 Å². The lowest BCUT2D eigenvalue weighted by Gasteiger charge is -2.17. The number of carbonyl (C=O) groups excluding carboxylic acids is 2. The minimum absolute atomic E-state index is 0.108. The molecule has 1 saturated heterocycles. The highest BCUT2D eigenvalue weighted by Crippen LogP contribution is 2.28. The summed E-state index contributed by atoms with van der Waals surface area (Å²) in [5, 5.41) is 0. The van der Waals surface area contributed by atoms with E-state index in [4.69, 9.17) is 9.47 Å². The molecule has 1 heterocycles. The number of rotatable bonds is 8. The van der Waals surface area contributed by atoms with E-state index in [0.717, 1.165) is 11.1 Å². The van der Waals surface area contributed by atoms with E-state index >= 15 is 0 Å². The Morgan fingerprint density at radius 3 is 2.47 bits per heavy atom. The summed E-state index contributed by atoms with van der Waals surface area (Å²) in [5.41, 5.74) is 2.54. The Hall–Kier alpha value is -3.67. The summed E-state index contributed by atoms with van der Waals surface area (Å²) in [7, 11) is 0. The lowest BCUT2D eigenvalue weighted by molar-refractivity contribution is -0.148. The number of halogens is 1. The van der Waals surface area contributed by atoms with Gasteiger partial charge in [-0.2, -0.15) is 0 Å². The van der Waals surface area contributed by atoms with Gasteiger partial charge in [0.15, 0.2) is 0 Å². The van der Waals surface area contributed by atoms with Crippen LogP contribution in [0.4, 0.5) is 10.1 Å². The van der Waals surface area contributed by atoms with Crippen LogP contribution in [0, 0.1) is 11.7 Å². The zero-order valence-corrected chi connectivity index (χ0v) is 17.6. The van der Waals surface area contributed by atoms with Crippen LogP contribution in [-0.2, 0) is 27.4 Å². The average Bonchev–Trinajstić information content (AvgIpc) is 3.20. The van der Waals surface area contributed by atoms with Crippen LogP contribution in [0.3, 0.4) is 0 Å². The maximum absolute atomic E-state index is 13.3. The van der Waals surface area contributed by atoms with Gasteiger partial charge in [-0.05, 0) is 47.5 Å². The molecule has 1 unspecified atom stereocenters. The van der Waals surface area contributed by atoms with Crippen LogP contribution in [0.25, 0.3) is 0 Å². The molecule has 1 fully saturated rings. The van der Waals surface area contributed by atoms with Gasteiger partial charge in [-0.1, -0.05) is 42.5 Å². The third-order valence-corrected chi connectivity index (χ3v) is 5.38. The number of nitrogens with zero attached hydrogens (tertiary/aromatic N) is 1. The monoisotopic (exact) mass is 433 g/mol. The number of benzene rings is 3. The van der Waals surface area contributed by atoms with E-state index in [2.05, 4.69) is 0 Å². The first-order valence-electron chi connectivity index (χ1n) is 10.6. The summed E-state index contributed by atoms with van der Waals surface area (Å²) in [5.74, 6) is -0.610. The van der Waals surface area contributed by atoms with E-state index in [0.29, 0.717) is 31.0 Å². The minimum atomic E-state index is -0.470. The maximum atomic E-state index is 13.3. The fraction of sp³-hybridized carbons (Fsp3) is 0.231. The van der Waals surface area contributed by atoms with Gasteiger partial charge in [0.2, 0.25) is 5.91 Å². The van der Waals surface area contributed by atoms with Crippen molar-refractivity contribution < 1.29 is 23.5 Å². The first-order chi connectivity index (χ1) is 15.6. The van der Waals surface area contributed by atoms with Gasteiger partial charge in [0.05, 0.1) is 12.5 Å². The molecule has 32 heavy (non-hydrogen) atoms. The second-order valence-electron chi connectivity index (χ2n) is 7.72. The molecular weight excluding hydrogens is 409 g/mol. The smallest absolute Gasteiger partial charge is 0.311 e. The molecule has 1 aliphatic heterocycles. The highest BCUT2D eigenvalue weighted by Gasteiger charge is 2.36. The number of amides is 1. The Labute approximate surface area is 186 Å². The van der Waals surface area contributed by atoms with Crippen molar-refractivity contribution in [3.63, 3.8) is 0 Å². The van der Waals surface area contributed by atoms with Gasteiger partial charge >= 0.3 is 5.97 Å². The molecule has 3 aromatic carbocycles. The first kappa shape index (κ1) is 21.6. The molecule has 0 bridgehead atoms. The van der Waals surface area contributed by atoms with Gasteiger partial charge in [-0.3, -0.25) is 9.59 Å². The predicted octanol–water partition coefficient (Wildman–Crippen LogP) is 4.54. The highest BCUT2D eigenvalue weighted by atomic mass is 19.1. The van der Waals surface area contributed by atoms with E-state index in [1.165, 1.54) is 12.1 Å². The molecular formula is C26H24FNO4. The number of hydrogen-bond donors (Lipinski definition) is 0. The fourth-order valence-electron chi connectivity index (χ4n) is 3.66. The summed E-state index contributed by atoms with van der Waals surface area (Å²) in [6.45, 7) is 0.841. The lowest BCUT2D eigenvalue weighted by atomic mass is 10.1. The molecule has 164 valence electrons. The number of carbonyl (C=O) groups is 2. The van der Waals surface area contributed by atoms with Gasteiger partial charge in [0.25, 0.3) is 0 Å². The van der Waals surface area contributed by atoms with Crippen LogP contribution in [-0.4, -0.2) is 25.0 Å². The molecule has 0 N–H and O–H groups in total. The standard InChI is InChI=1S/C26H24FNO4/c27-22-8-4-7-20(15-22)18-32-24-11-9-23(10-12-24)28-17-21(16-25(28)29)26(30)31-14-13-19-5-2-1-3-6-19/h1-12,15,21H,13-14,16-18H2. The largest absolute Gasteiger partial charge is 0.489 e. The summed E-state index contributed by atoms with van der Waals surface area (Å²) in [6.07, 6.45) is 0.788. The SMILES string of the molecule is O=C(OCCc1ccccc1)C1CC(=O)N(c2ccc(OCc3cccc(F)c3)cc2)C1. The van der Waals surface area contributed by atoms with Crippen LogP contribution in [0.15, 0.2) is 78.9 Å². The third-order valence-electron chi connectivity index (χ3n) is 5.38. The number of esters is 1. The van der Waals surface area contributed by atoms with Crippen molar-refractivity contribution in [2.24, 2.45) is 5.92 Å². The Bertz CT molecular complexity index is 1070. The Morgan fingerprint density at radius 1 is 0.969 bits per heavy atom. The van der Waals surface area contributed by atoms with E-state index in [1.54, 1.807) is 41.3 Å². The third kappa shape index (κ3) is 5.52. The Balaban J connectivity index is 1.28. The zero-order chi connectivity index (χ0) is 22.3. The topological polar surface area (TPSA) is 55.8 Å². The van der Waals surface area contributed by atoms with Crippen molar-refractivity contribution in [1.29, 1.82) is 0 Å². The van der Waals surface area contributed by atoms with E-state index in [9.17, 15) is 14.0 Å². The van der Waals surface area contributed by atoms with E-state index in [-0.39, 0.29) is 30.7 Å². The molecule has 0 aromatic heterocycles. The molecule has 1 atom stereocenters. The van der Waals surface area contributed by atoms with Crippen LogP contribution >= 0.6 is 0 Å². The van der Waals surface area contributed by atoms with Crippen molar-refractivity contribution in [3.05, 3.63) is 95.8 Å². The average molecular weight is 433 g/mol. The second kappa shape index (κ2) is 10.1. The molecule has 5 nitrogen and oxygen atoms in total. The number of hydrogen-bond acceptors (Lipinski definition) is 4. The van der Waals surface area contributed by atoms with Crippen molar-refractivity contribution in [2.75, 3.05) is 18.1 Å². The van der Waals surface area contributed by atoms with Crippen LogP contribution in [0.5, 0.6) is 5.75 Å². The molecule has 0 saturated carbocycles. The molecule has 6 heteroatoms. The van der Waals surface area contributed by atoms with Gasteiger partial charge in [-0.25, -0.2) is 4.39 Å². The molecule has 0 radical (unpaired) electrons. The van der Waals surface area contributed by atoms with Crippen molar-refractivity contribution in [2.45, 2.75) is 19.4 Å². The van der Waals surface area contributed by atoms with Crippen molar-refractivity contribution >= 4 is 17.6 Å². The summed E-state index contributed by atoms with van der Waals surface area (Å²) >= 11 is 0. The molecule has 4 rings (SSSR count). The van der Waals surface area contributed by atoms with E-state index < -0.39 is 5.92 Å². The molecule has 3 aromatic rings. The highest BCUT2D eigenvalue weighted by molar-refractivity contribution is 5.99. The van der Waals surface area contributed by atoms with Crippen molar-refractivity contribution in [3.8, 4) is 5.75 Å². The summed E-state index contributed by atoms with van der Waals surface area (Å²) in [4.78, 5) is 26.5. The number of ether oxygens (including phenoxy) is 2. The lowest BCUT2D eigenvalue weighted by Crippen LogP contribution is -2.26. The quantitative estimate of drug-likeness (QED) is 0.490. The van der Waals surface area contributed by atoms with Gasteiger partial charge in [0, 0.05) is 25.1 Å². The molecule has 1 amide bonds. The fourth-order valence-corrected chi connectivity index (χ4v) is 3.66. The van der Waals surface area contributed by atoms with Crippen LogP contribution in [0.1, 0.15) is 17.5 Å². The Morgan fingerprint density at radius 2 is 1.72 bits per heavy atom. The first-order valence-corrected chi connectivity index (χ1v) is 10.6. The van der Waals surface area contributed by atoms with Crippen LogP contribution in [0.2, 0.25) is 0 Å². The van der Waals surface area contributed by atoms with E-state index in [1.807, 2.05) is 30.3 Å². The van der Waals surface area contributed by atoms with Gasteiger partial charge in [0.1, 0.15) is 18.2 Å². The van der Waals surface area contributed by atoms with Crippen LogP contribution < -0.4 is 9.64 Å². The molecule has 1 aliphatic rings.